The lowest BCUT2D eigenvalue weighted by Gasteiger charge is -2.41. The van der Waals surface area contributed by atoms with E-state index in [0.29, 0.717) is 12.2 Å². The van der Waals surface area contributed by atoms with Crippen LogP contribution in [-0.2, 0) is 9.96 Å². The van der Waals surface area contributed by atoms with Gasteiger partial charge in [0.25, 0.3) is 0 Å². The van der Waals surface area contributed by atoms with Gasteiger partial charge < -0.3 is 9.53 Å². The molecule has 1 unspecified atom stereocenters. The molecule has 1 aromatic heterocycles. The number of benzene rings is 3. The van der Waals surface area contributed by atoms with Crippen LogP contribution in [0.1, 0.15) is 55.8 Å². The molecule has 0 aliphatic heterocycles. The Morgan fingerprint density at radius 2 is 1.25 bits per heavy atom. The number of rotatable bonds is 9. The van der Waals surface area contributed by atoms with E-state index in [1.54, 1.807) is 6.33 Å². The summed E-state index contributed by atoms with van der Waals surface area (Å²) in [6.07, 6.45) is 1.66. The van der Waals surface area contributed by atoms with Gasteiger partial charge in [-0.1, -0.05) is 112 Å². The summed E-state index contributed by atoms with van der Waals surface area (Å²) in [5.41, 5.74) is 2.44. The van der Waals surface area contributed by atoms with Crippen LogP contribution in [0.2, 0.25) is 18.1 Å². The molecule has 1 heterocycles. The standard InChI is InChI=1S/C30H37N3O2Si/c1-29(2,3)36(4,5)35-27(21-22-34)28-31-23-32-33(28)30(24-15-9-6-10-16-24,25-17-11-7-12-18-25)26-19-13-8-14-20-26/h6-20,23,27,34H,21-22H2,1-5H3. The maximum atomic E-state index is 10.1. The number of aromatic nitrogens is 3. The Bertz CT molecular complexity index is 1140. The fourth-order valence-electron chi connectivity index (χ4n) is 4.52. The summed E-state index contributed by atoms with van der Waals surface area (Å²) in [6.45, 7) is 11.1. The number of nitrogens with zero attached hydrogens (tertiary/aromatic N) is 3. The normalized spacial score (nSPS) is 13.5. The van der Waals surface area contributed by atoms with Crippen LogP contribution >= 0.6 is 0 Å². The first-order valence-electron chi connectivity index (χ1n) is 12.6. The van der Waals surface area contributed by atoms with Gasteiger partial charge in [-0.05, 0) is 34.8 Å². The van der Waals surface area contributed by atoms with Crippen molar-refractivity contribution >= 4 is 8.32 Å². The van der Waals surface area contributed by atoms with E-state index < -0.39 is 20.0 Å². The minimum Gasteiger partial charge on any atom is -0.407 e. The molecule has 3 aromatic carbocycles. The van der Waals surface area contributed by atoms with Crippen LogP contribution in [0.25, 0.3) is 0 Å². The molecular weight excluding hydrogens is 462 g/mol. The SMILES string of the molecule is CC(C)(C)[Si](C)(C)OC(CCO)c1ncnn1C(c1ccccc1)(c1ccccc1)c1ccccc1. The van der Waals surface area contributed by atoms with Crippen LogP contribution in [0.15, 0.2) is 97.3 Å². The fourth-order valence-corrected chi connectivity index (χ4v) is 5.81. The largest absolute Gasteiger partial charge is 0.407 e. The fraction of sp³-hybridized carbons (Fsp3) is 0.333. The van der Waals surface area contributed by atoms with Crippen molar-refractivity contribution < 1.29 is 9.53 Å². The van der Waals surface area contributed by atoms with Gasteiger partial charge in [-0.25, -0.2) is 9.67 Å². The Labute approximate surface area is 215 Å². The molecule has 0 aliphatic rings. The van der Waals surface area contributed by atoms with Crippen molar-refractivity contribution in [2.75, 3.05) is 6.61 Å². The van der Waals surface area contributed by atoms with Gasteiger partial charge in [0.2, 0.25) is 0 Å². The van der Waals surface area contributed by atoms with Crippen molar-refractivity contribution in [3.8, 4) is 0 Å². The predicted molar refractivity (Wildman–Crippen MR) is 147 cm³/mol. The molecule has 0 aliphatic carbocycles. The molecule has 1 atom stereocenters. The Kier molecular flexibility index (Phi) is 7.59. The number of aliphatic hydroxyl groups excluding tert-OH is 1. The van der Waals surface area contributed by atoms with E-state index in [1.807, 2.05) is 22.9 Å². The molecule has 188 valence electrons. The van der Waals surface area contributed by atoms with Crippen molar-refractivity contribution in [3.63, 3.8) is 0 Å². The highest BCUT2D eigenvalue weighted by molar-refractivity contribution is 6.74. The maximum Gasteiger partial charge on any atom is 0.193 e. The summed E-state index contributed by atoms with van der Waals surface area (Å²) < 4.78 is 8.90. The van der Waals surface area contributed by atoms with Gasteiger partial charge in [-0.15, -0.1) is 0 Å². The molecule has 4 aromatic rings. The van der Waals surface area contributed by atoms with Crippen LogP contribution < -0.4 is 0 Å². The summed E-state index contributed by atoms with van der Waals surface area (Å²) >= 11 is 0. The quantitative estimate of drug-likeness (QED) is 0.209. The summed E-state index contributed by atoms with van der Waals surface area (Å²) in [6, 6.07) is 31.3. The van der Waals surface area contributed by atoms with Gasteiger partial charge in [0, 0.05) is 13.0 Å². The third kappa shape index (κ3) is 4.81. The van der Waals surface area contributed by atoms with Gasteiger partial charge >= 0.3 is 0 Å². The van der Waals surface area contributed by atoms with Gasteiger partial charge in [0.1, 0.15) is 18.0 Å². The number of aliphatic hydroxyl groups is 1. The van der Waals surface area contributed by atoms with E-state index in [-0.39, 0.29) is 11.6 Å². The van der Waals surface area contributed by atoms with Crippen LogP contribution in [0.5, 0.6) is 0 Å². The van der Waals surface area contributed by atoms with Gasteiger partial charge in [-0.3, -0.25) is 0 Å². The monoisotopic (exact) mass is 499 g/mol. The number of hydrogen-bond acceptors (Lipinski definition) is 4. The van der Waals surface area contributed by atoms with Gasteiger partial charge in [-0.2, -0.15) is 5.10 Å². The molecule has 0 fully saturated rings. The average Bonchev–Trinajstić information content (AvgIpc) is 3.36. The van der Waals surface area contributed by atoms with Gasteiger partial charge in [0.05, 0.1) is 0 Å². The molecule has 1 N–H and O–H groups in total. The number of hydrogen-bond donors (Lipinski definition) is 1. The first kappa shape index (κ1) is 26.0. The third-order valence-electron chi connectivity index (χ3n) is 7.39. The van der Waals surface area contributed by atoms with Crippen molar-refractivity contribution in [1.82, 2.24) is 14.8 Å². The van der Waals surface area contributed by atoms with E-state index in [4.69, 9.17) is 14.5 Å². The van der Waals surface area contributed by atoms with E-state index >= 15 is 0 Å². The minimum atomic E-state index is -2.17. The minimum absolute atomic E-state index is 0.00115. The molecule has 0 spiro atoms. The molecule has 4 rings (SSSR count). The molecule has 0 saturated heterocycles. The molecule has 0 saturated carbocycles. The highest BCUT2D eigenvalue weighted by Crippen LogP contribution is 2.44. The predicted octanol–water partition coefficient (Wildman–Crippen LogP) is 6.56. The van der Waals surface area contributed by atoms with Crippen LogP contribution in [0.3, 0.4) is 0 Å². The summed E-state index contributed by atoms with van der Waals surface area (Å²) in [4.78, 5) is 4.78. The van der Waals surface area contributed by atoms with Crippen LogP contribution in [-0.4, -0.2) is 34.8 Å². The molecule has 0 radical (unpaired) electrons. The summed E-state index contributed by atoms with van der Waals surface area (Å²) in [5, 5.41) is 14.9. The molecule has 6 heteroatoms. The maximum absolute atomic E-state index is 10.1. The van der Waals surface area contributed by atoms with Crippen molar-refractivity contribution in [2.45, 2.75) is 57.0 Å². The third-order valence-corrected chi connectivity index (χ3v) is 11.9. The van der Waals surface area contributed by atoms with E-state index in [2.05, 4.69) is 107 Å². The summed E-state index contributed by atoms with van der Waals surface area (Å²) in [5.74, 6) is 0.713. The van der Waals surface area contributed by atoms with Gasteiger partial charge in [0.15, 0.2) is 14.1 Å². The first-order chi connectivity index (χ1) is 17.2. The van der Waals surface area contributed by atoms with E-state index in [9.17, 15) is 5.11 Å². The molecule has 0 amide bonds. The van der Waals surface area contributed by atoms with Crippen molar-refractivity contribution in [1.29, 1.82) is 0 Å². The first-order valence-corrected chi connectivity index (χ1v) is 15.5. The van der Waals surface area contributed by atoms with E-state index in [1.165, 1.54) is 0 Å². The van der Waals surface area contributed by atoms with Crippen molar-refractivity contribution in [2.24, 2.45) is 0 Å². The molecule has 5 nitrogen and oxygen atoms in total. The average molecular weight is 500 g/mol. The Morgan fingerprint density at radius 1 is 0.806 bits per heavy atom. The second kappa shape index (κ2) is 10.5. The van der Waals surface area contributed by atoms with Crippen LogP contribution in [0.4, 0.5) is 0 Å². The lowest BCUT2D eigenvalue weighted by atomic mass is 9.77. The van der Waals surface area contributed by atoms with E-state index in [0.717, 1.165) is 16.7 Å². The lowest BCUT2D eigenvalue weighted by molar-refractivity contribution is 0.126. The van der Waals surface area contributed by atoms with Crippen LogP contribution in [0, 0.1) is 0 Å². The molecule has 36 heavy (non-hydrogen) atoms. The Morgan fingerprint density at radius 3 is 1.64 bits per heavy atom. The highest BCUT2D eigenvalue weighted by atomic mass is 28.4. The Balaban J connectivity index is 2.02. The smallest absolute Gasteiger partial charge is 0.193 e. The lowest BCUT2D eigenvalue weighted by Crippen LogP contribution is -2.44. The second-order valence-electron chi connectivity index (χ2n) is 10.7. The second-order valence-corrected chi connectivity index (χ2v) is 15.5. The zero-order chi connectivity index (χ0) is 25.8. The molecule has 0 bridgehead atoms. The Hall–Kier alpha value is -3.06. The highest BCUT2D eigenvalue weighted by Gasteiger charge is 2.44. The topological polar surface area (TPSA) is 60.2 Å². The zero-order valence-corrected chi connectivity index (χ0v) is 22.9. The summed E-state index contributed by atoms with van der Waals surface area (Å²) in [7, 11) is -2.17. The zero-order valence-electron chi connectivity index (χ0n) is 21.9. The molecular formula is C30H37N3O2Si. The van der Waals surface area contributed by atoms with Crippen molar-refractivity contribution in [3.05, 3.63) is 120 Å².